The van der Waals surface area contributed by atoms with E-state index in [-0.39, 0.29) is 29.7 Å². The van der Waals surface area contributed by atoms with Gasteiger partial charge >= 0.3 is 0 Å². The molecule has 15 rings (SSSR count). The van der Waals surface area contributed by atoms with Crippen LogP contribution in [0.2, 0.25) is 0 Å². The molecule has 0 aliphatic rings. The van der Waals surface area contributed by atoms with Crippen molar-refractivity contribution in [3.05, 3.63) is 267 Å². The Labute approximate surface area is 418 Å². The van der Waals surface area contributed by atoms with Crippen LogP contribution >= 0.6 is 0 Å². The van der Waals surface area contributed by atoms with Gasteiger partial charge in [0.2, 0.25) is 0 Å². The molecule has 0 amide bonds. The van der Waals surface area contributed by atoms with E-state index in [2.05, 4.69) is 164 Å². The number of hydrogen-bond acceptors (Lipinski definition) is 1. The lowest BCUT2D eigenvalue weighted by Crippen LogP contribution is -1.91. The first-order chi connectivity index (χ1) is 37.3. The van der Waals surface area contributed by atoms with Gasteiger partial charge in [0, 0.05) is 16.2 Å². The molecule has 1 aromatic heterocycles. The van der Waals surface area contributed by atoms with E-state index in [4.69, 9.17) is 11.3 Å². The molecule has 71 heavy (non-hydrogen) atoms. The number of benzene rings is 14. The maximum Gasteiger partial charge on any atom is 0.143 e. The van der Waals surface area contributed by atoms with Gasteiger partial charge in [-0.05, 0) is 133 Å². The quantitative estimate of drug-likeness (QED) is 0.160. The lowest BCUT2D eigenvalue weighted by molar-refractivity contribution is 0.673. The van der Waals surface area contributed by atoms with Gasteiger partial charge < -0.3 is 4.42 Å². The molecule has 330 valence electrons. The van der Waals surface area contributed by atoms with E-state index < -0.39 is 6.04 Å². The summed E-state index contributed by atoms with van der Waals surface area (Å²) < 4.78 is 49.0. The number of furan rings is 1. The van der Waals surface area contributed by atoms with Crippen molar-refractivity contribution in [1.82, 2.24) is 0 Å². The third-order valence-corrected chi connectivity index (χ3v) is 14.4. The van der Waals surface area contributed by atoms with Gasteiger partial charge in [-0.2, -0.15) is 0 Å². The molecule has 0 saturated carbocycles. The smallest absolute Gasteiger partial charge is 0.143 e. The lowest BCUT2D eigenvalue weighted by atomic mass is 9.84. The highest BCUT2D eigenvalue weighted by atomic mass is 16.3. The van der Waals surface area contributed by atoms with Crippen molar-refractivity contribution >= 4 is 97.3 Å². The molecular weight excluding hydrogens is 857 g/mol. The molecule has 0 N–H and O–H groups in total. The number of fused-ring (bicyclic) bond motifs is 11. The van der Waals surface area contributed by atoms with Crippen LogP contribution in [0.3, 0.4) is 0 Å². The number of hydrogen-bond donors (Lipinski definition) is 0. The second-order valence-corrected chi connectivity index (χ2v) is 18.2. The molecule has 0 radical (unpaired) electrons. The molecule has 0 atom stereocenters. The third kappa shape index (κ3) is 6.62. The van der Waals surface area contributed by atoms with Gasteiger partial charge in [-0.3, -0.25) is 0 Å². The van der Waals surface area contributed by atoms with Crippen LogP contribution in [0, 0.1) is 0 Å². The summed E-state index contributed by atoms with van der Waals surface area (Å²) in [4.78, 5) is 0. The summed E-state index contributed by atoms with van der Waals surface area (Å²) in [6.07, 6.45) is 0. The first-order valence-corrected chi connectivity index (χ1v) is 24.1. The van der Waals surface area contributed by atoms with Crippen LogP contribution < -0.4 is 0 Å². The number of rotatable bonds is 4. The fourth-order valence-corrected chi connectivity index (χ4v) is 11.3. The van der Waals surface area contributed by atoms with Crippen LogP contribution in [0.25, 0.3) is 142 Å². The van der Waals surface area contributed by atoms with E-state index in [1.165, 1.54) is 65.3 Å². The molecule has 0 bridgehead atoms. The predicted molar refractivity (Wildman–Crippen MR) is 304 cm³/mol. The highest BCUT2D eigenvalue weighted by Crippen LogP contribution is 2.49. The molecule has 0 aliphatic carbocycles. The molecular formula is C70H44O. The summed E-state index contributed by atoms with van der Waals surface area (Å²) in [6.45, 7) is 0. The van der Waals surface area contributed by atoms with Crippen molar-refractivity contribution in [3.63, 3.8) is 0 Å². The SMILES string of the molecule is [2H]c1c([2H])c([2H])c(-c2c3ccccc3c(-c3cccc4oc5c6ccccc6ccc5c34)c3ccccc23)c([2H])c1[2H].c1ccc2cc(-c3c4ccccc4c(-c4cccc5ccccc45)c4ccccc34)ccc2c1. The minimum Gasteiger partial charge on any atom is -0.455 e. The average Bonchev–Trinajstić information content (AvgIpc) is 3.95. The fourth-order valence-electron chi connectivity index (χ4n) is 11.3. The monoisotopic (exact) mass is 905 g/mol. The van der Waals surface area contributed by atoms with Gasteiger partial charge in [0.25, 0.3) is 0 Å². The van der Waals surface area contributed by atoms with Gasteiger partial charge in [-0.1, -0.05) is 249 Å². The standard InChI is InChI=1S/C36H22O.C34H22/c1-2-12-24(13-3-1)33-26-15-6-8-17-28(26)34(29-18-9-7-16-27(29)33)30-19-10-20-32-35(30)31-22-21-23-11-4-5-14-25(23)36(31)37-32;1-2-12-25-22-26(21-20-23(25)10-1)33-29-15-5-7-17-31(29)34(32-18-8-6-16-30(32)33)28-19-9-13-24-11-3-4-14-27(24)28/h1-22H;1-22H/i1D,2D,3D,12D,13D;. The minimum atomic E-state index is -0.398. The van der Waals surface area contributed by atoms with Crippen LogP contribution in [-0.4, -0.2) is 0 Å². The molecule has 1 nitrogen and oxygen atoms in total. The van der Waals surface area contributed by atoms with Crippen LogP contribution in [0.1, 0.15) is 6.85 Å². The molecule has 1 heteroatoms. The summed E-state index contributed by atoms with van der Waals surface area (Å²) in [6, 6.07) is 81.5. The largest absolute Gasteiger partial charge is 0.455 e. The van der Waals surface area contributed by atoms with Crippen LogP contribution in [0.4, 0.5) is 0 Å². The Bertz CT molecular complexity index is 4750. The highest BCUT2D eigenvalue weighted by Gasteiger charge is 2.22. The summed E-state index contributed by atoms with van der Waals surface area (Å²) >= 11 is 0. The molecule has 14 aromatic carbocycles. The zero-order chi connectivity index (χ0) is 51.2. The second-order valence-electron chi connectivity index (χ2n) is 18.2. The van der Waals surface area contributed by atoms with Crippen LogP contribution in [0.5, 0.6) is 0 Å². The molecule has 1 heterocycles. The van der Waals surface area contributed by atoms with Crippen molar-refractivity contribution in [3.8, 4) is 44.5 Å². The molecule has 0 aliphatic heterocycles. The average molecular weight is 906 g/mol. The Morgan fingerprint density at radius 1 is 0.268 bits per heavy atom. The molecule has 0 unspecified atom stereocenters. The van der Waals surface area contributed by atoms with Crippen molar-refractivity contribution < 1.29 is 11.3 Å². The summed E-state index contributed by atoms with van der Waals surface area (Å²) in [5.41, 5.74) is 9.68. The Morgan fingerprint density at radius 3 is 1.30 bits per heavy atom. The van der Waals surface area contributed by atoms with Crippen molar-refractivity contribution in [1.29, 1.82) is 0 Å². The van der Waals surface area contributed by atoms with E-state index in [1.807, 2.05) is 72.8 Å². The minimum absolute atomic E-state index is 0.207. The van der Waals surface area contributed by atoms with Crippen molar-refractivity contribution in [2.75, 3.05) is 0 Å². The zero-order valence-electron chi connectivity index (χ0n) is 43.4. The second kappa shape index (κ2) is 16.7. The Morgan fingerprint density at radius 2 is 0.690 bits per heavy atom. The lowest BCUT2D eigenvalue weighted by Gasteiger charge is -2.19. The van der Waals surface area contributed by atoms with E-state index >= 15 is 0 Å². The first kappa shape index (κ1) is 35.8. The Kier molecular flexibility index (Phi) is 8.44. The van der Waals surface area contributed by atoms with Gasteiger partial charge in [0.05, 0.1) is 6.85 Å². The predicted octanol–water partition coefficient (Wildman–Crippen LogP) is 20.0. The maximum absolute atomic E-state index is 8.80. The summed E-state index contributed by atoms with van der Waals surface area (Å²) in [5, 5.41) is 18.0. The molecule has 0 spiro atoms. The van der Waals surface area contributed by atoms with Gasteiger partial charge in [0.15, 0.2) is 0 Å². The van der Waals surface area contributed by atoms with Crippen molar-refractivity contribution in [2.24, 2.45) is 0 Å². The summed E-state index contributed by atoms with van der Waals surface area (Å²) in [7, 11) is 0. The molecule has 15 aromatic rings. The summed E-state index contributed by atoms with van der Waals surface area (Å²) in [5.74, 6) is 0. The van der Waals surface area contributed by atoms with Gasteiger partial charge in [0.1, 0.15) is 11.2 Å². The fraction of sp³-hybridized carbons (Fsp3) is 0. The van der Waals surface area contributed by atoms with E-state index in [9.17, 15) is 0 Å². The molecule has 0 saturated heterocycles. The van der Waals surface area contributed by atoms with E-state index in [0.717, 1.165) is 65.4 Å². The third-order valence-electron chi connectivity index (χ3n) is 14.4. The Balaban J connectivity index is 0.000000142. The maximum atomic E-state index is 8.80. The highest BCUT2D eigenvalue weighted by molar-refractivity contribution is 6.27. The van der Waals surface area contributed by atoms with E-state index in [0.29, 0.717) is 5.56 Å². The normalized spacial score (nSPS) is 12.6. The zero-order valence-corrected chi connectivity index (χ0v) is 38.4. The van der Waals surface area contributed by atoms with Crippen LogP contribution in [-0.2, 0) is 0 Å². The van der Waals surface area contributed by atoms with Crippen molar-refractivity contribution in [2.45, 2.75) is 0 Å². The van der Waals surface area contributed by atoms with Gasteiger partial charge in [-0.25, -0.2) is 0 Å². The first-order valence-electron chi connectivity index (χ1n) is 26.6. The van der Waals surface area contributed by atoms with Crippen LogP contribution in [0.15, 0.2) is 271 Å². The van der Waals surface area contributed by atoms with Gasteiger partial charge in [-0.15, -0.1) is 0 Å². The topological polar surface area (TPSA) is 13.1 Å². The molecule has 0 fully saturated rings. The van der Waals surface area contributed by atoms with E-state index in [1.54, 1.807) is 0 Å². The Hall–Kier alpha value is -9.30.